The summed E-state index contributed by atoms with van der Waals surface area (Å²) in [6.07, 6.45) is 7.29. The molecule has 0 bridgehead atoms. The summed E-state index contributed by atoms with van der Waals surface area (Å²) in [5.41, 5.74) is 3.70. The van der Waals surface area contributed by atoms with Crippen LogP contribution in [0.3, 0.4) is 0 Å². The Morgan fingerprint density at radius 3 is 2.33 bits per heavy atom. The van der Waals surface area contributed by atoms with Gasteiger partial charge >= 0.3 is 0 Å². The molecule has 3 heterocycles. The highest BCUT2D eigenvalue weighted by Gasteiger charge is 2.15. The molecule has 0 saturated heterocycles. The number of halogens is 1. The van der Waals surface area contributed by atoms with Crippen LogP contribution in [0.15, 0.2) is 77.7 Å². The highest BCUT2D eigenvalue weighted by molar-refractivity contribution is 7.15. The second-order valence-electron chi connectivity index (χ2n) is 9.09. The molecule has 11 heteroatoms. The van der Waals surface area contributed by atoms with Crippen molar-refractivity contribution in [2.24, 2.45) is 0 Å². The summed E-state index contributed by atoms with van der Waals surface area (Å²) in [7, 11) is 4.74. The Labute approximate surface area is 249 Å². The normalized spacial score (nSPS) is 12.0. The lowest BCUT2D eigenvalue weighted by Gasteiger charge is -2.07. The molecule has 0 aliphatic rings. The third kappa shape index (κ3) is 5.25. The van der Waals surface area contributed by atoms with Gasteiger partial charge < -0.3 is 14.2 Å². The molecule has 0 radical (unpaired) electrons. The smallest absolute Gasteiger partial charge is 0.291 e. The number of thiazole rings is 1. The number of nitrogens with zero attached hydrogens (tertiary/aromatic N) is 5. The number of rotatable bonds is 8. The van der Waals surface area contributed by atoms with Crippen LogP contribution in [0.4, 0.5) is 0 Å². The maximum Gasteiger partial charge on any atom is 0.291 e. The van der Waals surface area contributed by atoms with Crippen LogP contribution in [0, 0.1) is 0 Å². The first-order chi connectivity index (χ1) is 20.5. The van der Waals surface area contributed by atoms with Gasteiger partial charge in [-0.25, -0.2) is 4.68 Å². The van der Waals surface area contributed by atoms with E-state index in [1.54, 1.807) is 44.2 Å². The van der Waals surface area contributed by atoms with Gasteiger partial charge in [-0.3, -0.25) is 4.79 Å². The standard InChI is InChI=1S/C31H24ClN5O4S/c1-39-24-13-11-20(16-23(24)32)29-21(18-36(35-29)22-7-5-4-6-8-22)17-27-30(38)37-31(42-27)33-28(34-37)14-10-19-9-12-25(40-2)26(15-19)41-3/h4-18H,1-3H3/b14-10+,27-17-. The van der Waals surface area contributed by atoms with Crippen LogP contribution >= 0.6 is 22.9 Å². The van der Waals surface area contributed by atoms with E-state index in [0.29, 0.717) is 43.3 Å². The van der Waals surface area contributed by atoms with Gasteiger partial charge in [0, 0.05) is 17.3 Å². The zero-order valence-electron chi connectivity index (χ0n) is 22.8. The fourth-order valence-corrected chi connectivity index (χ4v) is 5.60. The van der Waals surface area contributed by atoms with E-state index in [0.717, 1.165) is 22.4 Å². The SMILES string of the molecule is COc1ccc(-c2nn(-c3ccccc3)cc2/C=c2\sc3nc(/C=C/c4ccc(OC)c(OC)c4)nn3c2=O)cc1Cl. The lowest BCUT2D eigenvalue weighted by atomic mass is 10.1. The minimum atomic E-state index is -0.264. The Hall–Kier alpha value is -4.93. The summed E-state index contributed by atoms with van der Waals surface area (Å²) in [5.74, 6) is 2.25. The van der Waals surface area contributed by atoms with Gasteiger partial charge in [-0.2, -0.15) is 14.6 Å². The predicted molar refractivity (Wildman–Crippen MR) is 165 cm³/mol. The Morgan fingerprint density at radius 1 is 0.857 bits per heavy atom. The fraction of sp³-hybridized carbons (Fsp3) is 0.0968. The molecule has 3 aromatic carbocycles. The van der Waals surface area contributed by atoms with Crippen LogP contribution in [0.1, 0.15) is 17.0 Å². The largest absolute Gasteiger partial charge is 0.495 e. The molecule has 6 rings (SSSR count). The summed E-state index contributed by atoms with van der Waals surface area (Å²) in [5, 5.41) is 9.71. The van der Waals surface area contributed by atoms with E-state index >= 15 is 0 Å². The number of fused-ring (bicyclic) bond motifs is 1. The summed E-state index contributed by atoms with van der Waals surface area (Å²) in [6, 6.07) is 20.8. The average Bonchev–Trinajstić information content (AvgIpc) is 3.70. The van der Waals surface area contributed by atoms with Crippen LogP contribution in [-0.2, 0) is 0 Å². The Morgan fingerprint density at radius 2 is 1.62 bits per heavy atom. The molecule has 0 fully saturated rings. The van der Waals surface area contributed by atoms with E-state index in [-0.39, 0.29) is 5.56 Å². The molecule has 0 unspecified atom stereocenters. The highest BCUT2D eigenvalue weighted by Crippen LogP contribution is 2.32. The summed E-state index contributed by atoms with van der Waals surface area (Å²) < 4.78 is 19.5. The molecule has 210 valence electrons. The lowest BCUT2D eigenvalue weighted by molar-refractivity contribution is 0.355. The molecular weight excluding hydrogens is 574 g/mol. The topological polar surface area (TPSA) is 92.8 Å². The van der Waals surface area contributed by atoms with Gasteiger partial charge in [0.2, 0.25) is 4.96 Å². The molecule has 0 N–H and O–H groups in total. The summed E-state index contributed by atoms with van der Waals surface area (Å²) in [4.78, 5) is 18.4. The minimum Gasteiger partial charge on any atom is -0.495 e. The third-order valence-electron chi connectivity index (χ3n) is 6.51. The van der Waals surface area contributed by atoms with Crippen molar-refractivity contribution in [2.45, 2.75) is 0 Å². The zero-order chi connectivity index (χ0) is 29.2. The van der Waals surface area contributed by atoms with Crippen molar-refractivity contribution in [2.75, 3.05) is 21.3 Å². The zero-order valence-corrected chi connectivity index (χ0v) is 24.4. The first kappa shape index (κ1) is 27.3. The van der Waals surface area contributed by atoms with Crippen LogP contribution < -0.4 is 24.3 Å². The molecule has 6 aromatic rings. The van der Waals surface area contributed by atoms with Crippen LogP contribution in [0.25, 0.3) is 40.1 Å². The monoisotopic (exact) mass is 597 g/mol. The predicted octanol–water partition coefficient (Wildman–Crippen LogP) is 5.40. The second kappa shape index (κ2) is 11.5. The van der Waals surface area contributed by atoms with Gasteiger partial charge in [0.1, 0.15) is 11.4 Å². The molecule has 42 heavy (non-hydrogen) atoms. The van der Waals surface area contributed by atoms with Gasteiger partial charge in [-0.15, -0.1) is 5.10 Å². The first-order valence-electron chi connectivity index (χ1n) is 12.8. The quantitative estimate of drug-likeness (QED) is 0.232. The van der Waals surface area contributed by atoms with E-state index in [1.165, 1.54) is 15.9 Å². The van der Waals surface area contributed by atoms with E-state index < -0.39 is 0 Å². The van der Waals surface area contributed by atoms with Crippen molar-refractivity contribution in [1.29, 1.82) is 0 Å². The van der Waals surface area contributed by atoms with Crippen LogP contribution in [0.5, 0.6) is 17.2 Å². The number of hydrogen-bond donors (Lipinski definition) is 0. The maximum atomic E-state index is 13.4. The molecule has 9 nitrogen and oxygen atoms in total. The molecule has 0 spiro atoms. The Balaban J connectivity index is 1.38. The molecule has 3 aromatic heterocycles. The van der Waals surface area contributed by atoms with Crippen LogP contribution in [-0.4, -0.2) is 45.7 Å². The van der Waals surface area contributed by atoms with Gasteiger partial charge in [-0.05, 0) is 60.2 Å². The van der Waals surface area contributed by atoms with E-state index in [4.69, 9.17) is 30.9 Å². The van der Waals surface area contributed by atoms with Crippen molar-refractivity contribution in [1.82, 2.24) is 24.4 Å². The molecule has 0 aliphatic heterocycles. The lowest BCUT2D eigenvalue weighted by Crippen LogP contribution is -2.23. The van der Waals surface area contributed by atoms with Gasteiger partial charge in [-0.1, -0.05) is 53.3 Å². The van der Waals surface area contributed by atoms with Crippen molar-refractivity contribution in [3.8, 4) is 34.2 Å². The Bertz CT molecular complexity index is 2050. The second-order valence-corrected chi connectivity index (χ2v) is 10.5. The van der Waals surface area contributed by atoms with Crippen molar-refractivity contribution in [3.05, 3.63) is 110 Å². The fourth-order valence-electron chi connectivity index (χ4n) is 4.43. The van der Waals surface area contributed by atoms with E-state index in [1.807, 2.05) is 72.9 Å². The molecular formula is C31H24ClN5O4S. The van der Waals surface area contributed by atoms with Crippen molar-refractivity contribution < 1.29 is 14.2 Å². The first-order valence-corrected chi connectivity index (χ1v) is 14.0. The molecule has 0 saturated carbocycles. The summed E-state index contributed by atoms with van der Waals surface area (Å²) in [6.45, 7) is 0. The van der Waals surface area contributed by atoms with Crippen LogP contribution in [0.2, 0.25) is 5.02 Å². The summed E-state index contributed by atoms with van der Waals surface area (Å²) >= 11 is 7.69. The van der Waals surface area contributed by atoms with Crippen molar-refractivity contribution in [3.63, 3.8) is 0 Å². The number of benzene rings is 3. The Kier molecular flexibility index (Phi) is 7.47. The number of para-hydroxylation sites is 1. The minimum absolute atomic E-state index is 0.264. The number of methoxy groups -OCH3 is 3. The third-order valence-corrected chi connectivity index (χ3v) is 7.76. The molecule has 0 aliphatic carbocycles. The van der Waals surface area contributed by atoms with Gasteiger partial charge in [0.15, 0.2) is 17.3 Å². The molecule has 0 atom stereocenters. The van der Waals surface area contributed by atoms with Gasteiger partial charge in [0.05, 0.1) is 36.6 Å². The average molecular weight is 598 g/mol. The molecule has 0 amide bonds. The number of hydrogen-bond acceptors (Lipinski definition) is 8. The van der Waals surface area contributed by atoms with E-state index in [9.17, 15) is 4.79 Å². The van der Waals surface area contributed by atoms with Gasteiger partial charge in [0.25, 0.3) is 5.56 Å². The number of aromatic nitrogens is 5. The maximum absolute atomic E-state index is 13.4. The van der Waals surface area contributed by atoms with E-state index in [2.05, 4.69) is 10.1 Å². The number of ether oxygens (including phenoxy) is 3. The highest BCUT2D eigenvalue weighted by atomic mass is 35.5. The van der Waals surface area contributed by atoms with Crippen molar-refractivity contribution >= 4 is 46.1 Å².